The predicted octanol–water partition coefficient (Wildman–Crippen LogP) is 3.76. The van der Waals surface area contributed by atoms with Crippen molar-refractivity contribution in [3.63, 3.8) is 0 Å². The number of aryl methyl sites for hydroxylation is 1. The van der Waals surface area contributed by atoms with E-state index >= 15 is 0 Å². The number of fused-ring (bicyclic) bond motifs is 2. The van der Waals surface area contributed by atoms with Crippen molar-refractivity contribution in [3.8, 4) is 11.1 Å². The Kier molecular flexibility index (Phi) is 4.20. The number of nitrogens with one attached hydrogen (secondary N) is 1. The van der Waals surface area contributed by atoms with Gasteiger partial charge in [0.25, 0.3) is 5.56 Å². The van der Waals surface area contributed by atoms with Gasteiger partial charge in [0.2, 0.25) is 0 Å². The zero-order valence-electron chi connectivity index (χ0n) is 16.0. The topological polar surface area (TPSA) is 51.9 Å². The van der Waals surface area contributed by atoms with Crippen LogP contribution >= 0.6 is 0 Å². The average molecular weight is 394 g/mol. The van der Waals surface area contributed by atoms with Crippen LogP contribution in [0.2, 0.25) is 0 Å². The van der Waals surface area contributed by atoms with Crippen molar-refractivity contribution < 1.29 is 8.78 Å². The van der Waals surface area contributed by atoms with Crippen LogP contribution in [-0.4, -0.2) is 27.4 Å². The van der Waals surface area contributed by atoms with Gasteiger partial charge < -0.3 is 9.88 Å². The largest absolute Gasteiger partial charge is 0.317 e. The van der Waals surface area contributed by atoms with Crippen molar-refractivity contribution >= 4 is 21.7 Å². The van der Waals surface area contributed by atoms with Crippen LogP contribution in [0.25, 0.3) is 32.8 Å². The lowest BCUT2D eigenvalue weighted by Crippen LogP contribution is -2.34. The van der Waals surface area contributed by atoms with Gasteiger partial charge in [-0.15, -0.1) is 0 Å². The van der Waals surface area contributed by atoms with E-state index in [1.54, 1.807) is 36.1 Å². The maximum atomic E-state index is 15.0. The summed E-state index contributed by atoms with van der Waals surface area (Å²) in [6.07, 6.45) is 5.22. The molecule has 1 N–H and O–H groups in total. The van der Waals surface area contributed by atoms with Crippen molar-refractivity contribution in [3.05, 3.63) is 64.7 Å². The fraction of sp³-hybridized carbons (Fsp3) is 0.273. The molecule has 4 aromatic rings. The molecule has 0 aliphatic carbocycles. The Morgan fingerprint density at radius 1 is 1.07 bits per heavy atom. The predicted molar refractivity (Wildman–Crippen MR) is 109 cm³/mol. The number of hydrogen-bond acceptors (Lipinski definition) is 3. The second-order valence-electron chi connectivity index (χ2n) is 7.63. The first-order valence-electron chi connectivity index (χ1n) is 9.69. The van der Waals surface area contributed by atoms with Crippen LogP contribution in [0.3, 0.4) is 0 Å². The first-order chi connectivity index (χ1) is 14.0. The number of piperidine rings is 1. The first kappa shape index (κ1) is 18.0. The Morgan fingerprint density at radius 3 is 2.66 bits per heavy atom. The third kappa shape index (κ3) is 3.02. The molecular weight excluding hydrogens is 374 g/mol. The van der Waals surface area contributed by atoms with Crippen molar-refractivity contribution in [1.82, 2.24) is 19.7 Å². The monoisotopic (exact) mass is 394 g/mol. The van der Waals surface area contributed by atoms with Gasteiger partial charge in [0, 0.05) is 36.4 Å². The zero-order chi connectivity index (χ0) is 20.1. The molecule has 5 nitrogen and oxygen atoms in total. The minimum absolute atomic E-state index is 0.123. The molecule has 1 aliphatic heterocycles. The fourth-order valence-electron chi connectivity index (χ4n) is 4.24. The Hall–Kier alpha value is -3.06. The maximum absolute atomic E-state index is 15.0. The summed E-state index contributed by atoms with van der Waals surface area (Å²) >= 11 is 0. The minimum atomic E-state index is -0.541. The molecule has 148 valence electrons. The van der Waals surface area contributed by atoms with Gasteiger partial charge in [-0.2, -0.15) is 5.10 Å². The van der Waals surface area contributed by atoms with Gasteiger partial charge in [-0.3, -0.25) is 9.48 Å². The van der Waals surface area contributed by atoms with Crippen LogP contribution in [0, 0.1) is 11.6 Å². The summed E-state index contributed by atoms with van der Waals surface area (Å²) in [6, 6.07) is 7.85. The van der Waals surface area contributed by atoms with Crippen LogP contribution in [0.15, 0.2) is 47.5 Å². The van der Waals surface area contributed by atoms with E-state index < -0.39 is 11.6 Å². The fourth-order valence-corrected chi connectivity index (χ4v) is 4.24. The SMILES string of the molecule is Cn1cc2cc(-c3cc4ccn(C5CCNCC5)c(=O)c4cc3F)cc(F)c2n1. The second-order valence-corrected chi connectivity index (χ2v) is 7.63. The zero-order valence-corrected chi connectivity index (χ0v) is 16.0. The van der Waals surface area contributed by atoms with E-state index in [4.69, 9.17) is 0 Å². The van der Waals surface area contributed by atoms with Crippen molar-refractivity contribution in [2.45, 2.75) is 18.9 Å². The van der Waals surface area contributed by atoms with E-state index in [0.29, 0.717) is 21.7 Å². The number of hydrogen-bond donors (Lipinski definition) is 1. The minimum Gasteiger partial charge on any atom is -0.317 e. The molecule has 29 heavy (non-hydrogen) atoms. The van der Waals surface area contributed by atoms with Crippen LogP contribution < -0.4 is 10.9 Å². The third-order valence-corrected chi connectivity index (χ3v) is 5.71. The Morgan fingerprint density at radius 2 is 1.86 bits per heavy atom. The summed E-state index contributed by atoms with van der Waals surface area (Å²) in [4.78, 5) is 13.0. The number of rotatable bonds is 2. The number of pyridine rings is 1. The van der Waals surface area contributed by atoms with E-state index in [1.165, 1.54) is 16.8 Å². The number of nitrogens with zero attached hydrogens (tertiary/aromatic N) is 3. The van der Waals surface area contributed by atoms with Gasteiger partial charge in [0.15, 0.2) is 5.82 Å². The number of aromatic nitrogens is 3. The summed E-state index contributed by atoms with van der Waals surface area (Å²) in [7, 11) is 1.71. The number of benzene rings is 2. The third-order valence-electron chi connectivity index (χ3n) is 5.71. The smallest absolute Gasteiger partial charge is 0.258 e. The van der Waals surface area contributed by atoms with E-state index in [-0.39, 0.29) is 22.7 Å². The van der Waals surface area contributed by atoms with Crippen molar-refractivity contribution in [2.24, 2.45) is 7.05 Å². The summed E-state index contributed by atoms with van der Waals surface area (Å²) in [5.41, 5.74) is 0.752. The van der Waals surface area contributed by atoms with Crippen molar-refractivity contribution in [2.75, 3.05) is 13.1 Å². The lowest BCUT2D eigenvalue weighted by molar-refractivity contribution is 0.362. The Balaban J connectivity index is 1.64. The van der Waals surface area contributed by atoms with E-state index in [0.717, 1.165) is 25.9 Å². The standard InChI is InChI=1S/C22H20F2N4O/c1-27-12-15-8-14(10-20(24)21(15)26-27)17-9-13-4-7-28(16-2-5-25-6-3-16)22(29)18(13)11-19(17)23/h4,7-12,16,25H,2-3,5-6H2,1H3. The summed E-state index contributed by atoms with van der Waals surface area (Å²) in [6.45, 7) is 1.73. The highest BCUT2D eigenvalue weighted by Gasteiger charge is 2.18. The Labute approximate surface area is 165 Å². The molecule has 7 heteroatoms. The molecule has 1 aliphatic rings. The highest BCUT2D eigenvalue weighted by atomic mass is 19.1. The lowest BCUT2D eigenvalue weighted by atomic mass is 9.99. The molecule has 2 aromatic carbocycles. The van der Waals surface area contributed by atoms with Crippen LogP contribution in [0.4, 0.5) is 8.78 Å². The summed E-state index contributed by atoms with van der Waals surface area (Å²) in [5, 5.41) is 8.95. The molecule has 2 aromatic heterocycles. The molecule has 0 saturated carbocycles. The lowest BCUT2D eigenvalue weighted by Gasteiger charge is -2.25. The summed E-state index contributed by atoms with van der Waals surface area (Å²) in [5.74, 6) is -1.04. The molecule has 3 heterocycles. The molecule has 0 atom stereocenters. The van der Waals surface area contributed by atoms with E-state index in [2.05, 4.69) is 10.4 Å². The highest BCUT2D eigenvalue weighted by molar-refractivity contribution is 5.90. The molecule has 0 radical (unpaired) electrons. The van der Waals surface area contributed by atoms with E-state index in [1.807, 2.05) is 6.07 Å². The first-order valence-corrected chi connectivity index (χ1v) is 9.69. The second kappa shape index (κ2) is 6.77. The van der Waals surface area contributed by atoms with Gasteiger partial charge in [-0.05, 0) is 67.2 Å². The molecule has 0 spiro atoms. The number of halogens is 2. The van der Waals surface area contributed by atoms with Crippen LogP contribution in [0.5, 0.6) is 0 Å². The molecular formula is C22H20F2N4O. The normalized spacial score (nSPS) is 15.4. The van der Waals surface area contributed by atoms with Crippen LogP contribution in [0.1, 0.15) is 18.9 Å². The van der Waals surface area contributed by atoms with Gasteiger partial charge in [0.1, 0.15) is 11.3 Å². The molecule has 0 unspecified atom stereocenters. The average Bonchev–Trinajstić information content (AvgIpc) is 3.10. The van der Waals surface area contributed by atoms with Gasteiger partial charge in [-0.25, -0.2) is 8.78 Å². The quantitative estimate of drug-likeness (QED) is 0.563. The Bertz CT molecular complexity index is 1300. The molecule has 1 fully saturated rings. The highest BCUT2D eigenvalue weighted by Crippen LogP contribution is 2.31. The molecule has 1 saturated heterocycles. The molecule has 0 bridgehead atoms. The van der Waals surface area contributed by atoms with Crippen molar-refractivity contribution in [1.29, 1.82) is 0 Å². The van der Waals surface area contributed by atoms with Gasteiger partial charge in [-0.1, -0.05) is 0 Å². The summed E-state index contributed by atoms with van der Waals surface area (Å²) < 4.78 is 32.7. The van der Waals surface area contributed by atoms with Crippen LogP contribution in [-0.2, 0) is 7.05 Å². The van der Waals surface area contributed by atoms with Gasteiger partial charge >= 0.3 is 0 Å². The maximum Gasteiger partial charge on any atom is 0.258 e. The molecule has 5 rings (SSSR count). The van der Waals surface area contributed by atoms with E-state index in [9.17, 15) is 13.6 Å². The van der Waals surface area contributed by atoms with Gasteiger partial charge in [0.05, 0.1) is 5.39 Å². The molecule has 0 amide bonds.